The summed E-state index contributed by atoms with van der Waals surface area (Å²) in [5.41, 5.74) is 1.69. The van der Waals surface area contributed by atoms with Crippen LogP contribution in [0.15, 0.2) is 29.3 Å². The van der Waals surface area contributed by atoms with E-state index < -0.39 is 22.1 Å². The predicted molar refractivity (Wildman–Crippen MR) is 104 cm³/mol. The second-order valence-corrected chi connectivity index (χ2v) is 9.17. The lowest BCUT2D eigenvalue weighted by Crippen LogP contribution is -2.56. The van der Waals surface area contributed by atoms with Crippen LogP contribution in [0.25, 0.3) is 0 Å². The van der Waals surface area contributed by atoms with Crippen molar-refractivity contribution in [3.63, 3.8) is 0 Å². The molecule has 2 rings (SSSR count). The molecule has 0 saturated carbocycles. The van der Waals surface area contributed by atoms with Gasteiger partial charge in [-0.15, -0.1) is 0 Å². The van der Waals surface area contributed by atoms with Crippen LogP contribution < -0.4 is 5.32 Å². The van der Waals surface area contributed by atoms with Crippen molar-refractivity contribution in [2.24, 2.45) is 4.99 Å². The molecular weight excluding hydrogens is 393 g/mol. The van der Waals surface area contributed by atoms with Gasteiger partial charge in [0.15, 0.2) is 15.8 Å². The lowest BCUT2D eigenvalue weighted by molar-refractivity contribution is -0.181. The molecule has 28 heavy (non-hydrogen) atoms. The number of guanidine groups is 1. The molecule has 0 bridgehead atoms. The minimum atomic E-state index is -4.22. The van der Waals surface area contributed by atoms with E-state index in [2.05, 4.69) is 10.3 Å². The van der Waals surface area contributed by atoms with E-state index >= 15 is 0 Å². The Labute approximate surface area is 164 Å². The highest BCUT2D eigenvalue weighted by Gasteiger charge is 2.41. The molecule has 0 aliphatic carbocycles. The summed E-state index contributed by atoms with van der Waals surface area (Å²) in [6.45, 7) is 3.26. The fourth-order valence-corrected chi connectivity index (χ4v) is 3.90. The lowest BCUT2D eigenvalue weighted by atomic mass is 10.1. The number of alkyl halides is 3. The van der Waals surface area contributed by atoms with E-state index in [4.69, 9.17) is 0 Å². The molecule has 1 saturated heterocycles. The maximum absolute atomic E-state index is 12.9. The van der Waals surface area contributed by atoms with E-state index in [-0.39, 0.29) is 5.75 Å². The maximum atomic E-state index is 12.9. The quantitative estimate of drug-likeness (QED) is 0.582. The number of piperazine rings is 1. The third-order valence-electron chi connectivity index (χ3n) is 4.75. The predicted octanol–water partition coefficient (Wildman–Crippen LogP) is 1.87. The zero-order chi connectivity index (χ0) is 20.9. The number of nitrogens with zero attached hydrogens (tertiary/aromatic N) is 3. The molecule has 1 fully saturated rings. The van der Waals surface area contributed by atoms with Crippen molar-refractivity contribution in [1.82, 2.24) is 15.1 Å². The van der Waals surface area contributed by atoms with Crippen molar-refractivity contribution < 1.29 is 21.6 Å². The number of hydrogen-bond acceptors (Lipinski definition) is 4. The standard InChI is InChI=1S/C18H27F3N4O2S/c1-14(18(19,20)21)24-8-10-25(11-9-24)17(22-2)23-12-15-4-6-16(7-5-15)13-28(3,26)27/h4-7,14H,8-13H2,1-3H3,(H,22,23). The molecule has 1 aromatic carbocycles. The van der Waals surface area contributed by atoms with Gasteiger partial charge in [0.25, 0.3) is 0 Å². The molecule has 1 aromatic rings. The molecule has 0 aromatic heterocycles. The molecule has 1 unspecified atom stereocenters. The SMILES string of the molecule is CN=C(NCc1ccc(CS(C)(=O)=O)cc1)N1CCN(C(C)C(F)(F)F)CC1. The monoisotopic (exact) mass is 420 g/mol. The minimum absolute atomic E-state index is 0.00298. The summed E-state index contributed by atoms with van der Waals surface area (Å²) in [6.07, 6.45) is -3.02. The van der Waals surface area contributed by atoms with E-state index in [0.717, 1.165) is 11.1 Å². The van der Waals surface area contributed by atoms with E-state index in [1.165, 1.54) is 18.1 Å². The van der Waals surface area contributed by atoms with E-state index in [0.29, 0.717) is 38.7 Å². The third-order valence-corrected chi connectivity index (χ3v) is 5.61. The number of halogens is 3. The molecular formula is C18H27F3N4O2S. The zero-order valence-electron chi connectivity index (χ0n) is 16.3. The van der Waals surface area contributed by atoms with E-state index in [1.54, 1.807) is 19.2 Å². The summed E-state index contributed by atoms with van der Waals surface area (Å²) in [5.74, 6) is 0.641. The van der Waals surface area contributed by atoms with Crippen molar-refractivity contribution >= 4 is 15.8 Å². The Morgan fingerprint density at radius 3 is 2.14 bits per heavy atom. The van der Waals surface area contributed by atoms with Gasteiger partial charge in [-0.25, -0.2) is 8.42 Å². The summed E-state index contributed by atoms with van der Waals surface area (Å²) in [4.78, 5) is 7.60. The fourth-order valence-electron chi connectivity index (χ4n) is 3.10. The van der Waals surface area contributed by atoms with Crippen LogP contribution in [0.1, 0.15) is 18.1 Å². The number of aliphatic imine (C=N–C) groups is 1. The normalized spacial score (nSPS) is 18.2. The highest BCUT2D eigenvalue weighted by molar-refractivity contribution is 7.89. The zero-order valence-corrected chi connectivity index (χ0v) is 17.1. The van der Waals surface area contributed by atoms with E-state index in [1.807, 2.05) is 17.0 Å². The highest BCUT2D eigenvalue weighted by Crippen LogP contribution is 2.25. The Morgan fingerprint density at radius 1 is 1.14 bits per heavy atom. The Kier molecular flexibility index (Phi) is 7.33. The van der Waals surface area contributed by atoms with Gasteiger partial charge in [-0.05, 0) is 18.1 Å². The van der Waals surface area contributed by atoms with Crippen LogP contribution in [0.3, 0.4) is 0 Å². The summed E-state index contributed by atoms with van der Waals surface area (Å²) >= 11 is 0. The van der Waals surface area contributed by atoms with Crippen molar-refractivity contribution in [3.05, 3.63) is 35.4 Å². The highest BCUT2D eigenvalue weighted by atomic mass is 32.2. The van der Waals surface area contributed by atoms with Crippen molar-refractivity contribution in [2.45, 2.75) is 31.4 Å². The van der Waals surface area contributed by atoms with E-state index in [9.17, 15) is 21.6 Å². The first-order chi connectivity index (χ1) is 13.0. The van der Waals surface area contributed by atoms with Gasteiger partial charge in [-0.1, -0.05) is 24.3 Å². The fraction of sp³-hybridized carbons (Fsp3) is 0.611. The summed E-state index contributed by atoms with van der Waals surface area (Å²) in [6, 6.07) is 5.80. The maximum Gasteiger partial charge on any atom is 0.403 e. The molecule has 0 spiro atoms. The van der Waals surface area contributed by atoms with Gasteiger partial charge in [-0.2, -0.15) is 13.2 Å². The summed E-state index contributed by atoms with van der Waals surface area (Å²) < 4.78 is 61.2. The van der Waals surface area contributed by atoms with Crippen LogP contribution in [-0.4, -0.2) is 75.9 Å². The van der Waals surface area contributed by atoms with Crippen LogP contribution in [0, 0.1) is 0 Å². The van der Waals surface area contributed by atoms with Gasteiger partial charge >= 0.3 is 6.18 Å². The molecule has 0 radical (unpaired) electrons. The number of nitrogens with one attached hydrogen (secondary N) is 1. The Morgan fingerprint density at radius 2 is 1.68 bits per heavy atom. The average Bonchev–Trinajstić information content (AvgIpc) is 2.61. The molecule has 1 aliphatic rings. The van der Waals surface area contributed by atoms with Crippen LogP contribution >= 0.6 is 0 Å². The first kappa shape index (κ1) is 22.5. The first-order valence-corrected chi connectivity index (χ1v) is 11.1. The van der Waals surface area contributed by atoms with Gasteiger partial charge in [0, 0.05) is 46.0 Å². The largest absolute Gasteiger partial charge is 0.403 e. The van der Waals surface area contributed by atoms with Gasteiger partial charge in [0.1, 0.15) is 6.04 Å². The average molecular weight is 421 g/mol. The second-order valence-electron chi connectivity index (χ2n) is 7.03. The number of hydrogen-bond donors (Lipinski definition) is 1. The minimum Gasteiger partial charge on any atom is -0.352 e. The van der Waals surface area contributed by atoms with Crippen LogP contribution in [-0.2, 0) is 22.1 Å². The first-order valence-electron chi connectivity index (χ1n) is 9.01. The van der Waals surface area contributed by atoms with Gasteiger partial charge in [-0.3, -0.25) is 9.89 Å². The molecule has 1 heterocycles. The third kappa shape index (κ3) is 6.66. The number of sulfone groups is 1. The van der Waals surface area contributed by atoms with Crippen LogP contribution in [0.2, 0.25) is 0 Å². The number of benzene rings is 1. The van der Waals surface area contributed by atoms with Gasteiger partial charge < -0.3 is 10.2 Å². The van der Waals surface area contributed by atoms with Gasteiger partial charge in [0.2, 0.25) is 0 Å². The molecule has 0 amide bonds. The summed E-state index contributed by atoms with van der Waals surface area (Å²) in [5, 5.41) is 3.21. The van der Waals surface area contributed by atoms with Crippen LogP contribution in [0.4, 0.5) is 13.2 Å². The molecule has 10 heteroatoms. The van der Waals surface area contributed by atoms with Crippen molar-refractivity contribution in [1.29, 1.82) is 0 Å². The molecule has 1 aliphatic heterocycles. The smallest absolute Gasteiger partial charge is 0.352 e. The molecule has 1 atom stereocenters. The Bertz CT molecular complexity index is 771. The topological polar surface area (TPSA) is 65.0 Å². The lowest BCUT2D eigenvalue weighted by Gasteiger charge is -2.39. The number of rotatable bonds is 5. The molecule has 1 N–H and O–H groups in total. The Hall–Kier alpha value is -1.81. The van der Waals surface area contributed by atoms with Gasteiger partial charge in [0.05, 0.1) is 5.75 Å². The molecule has 6 nitrogen and oxygen atoms in total. The van der Waals surface area contributed by atoms with Crippen LogP contribution in [0.5, 0.6) is 0 Å². The molecule has 158 valence electrons. The van der Waals surface area contributed by atoms with Crippen molar-refractivity contribution in [2.75, 3.05) is 39.5 Å². The Balaban J connectivity index is 1.87. The van der Waals surface area contributed by atoms with Crippen molar-refractivity contribution in [3.8, 4) is 0 Å². The summed E-state index contributed by atoms with van der Waals surface area (Å²) in [7, 11) is -1.43. The second kappa shape index (κ2) is 9.13.